The van der Waals surface area contributed by atoms with E-state index in [9.17, 15) is 10.2 Å². The molecule has 1 fully saturated rings. The van der Waals surface area contributed by atoms with E-state index < -0.39 is 6.10 Å². The molecule has 0 amide bonds. The third-order valence-electron chi connectivity index (χ3n) is 3.97. The normalized spacial score (nSPS) is 24.1. The van der Waals surface area contributed by atoms with E-state index in [0.29, 0.717) is 31.6 Å². The van der Waals surface area contributed by atoms with Gasteiger partial charge in [0.2, 0.25) is 0 Å². The van der Waals surface area contributed by atoms with Crippen LogP contribution in [0.2, 0.25) is 0 Å². The minimum atomic E-state index is -0.515. The third-order valence-corrected chi connectivity index (χ3v) is 3.97. The Kier molecular flexibility index (Phi) is 6.53. The Balaban J connectivity index is 1.52. The lowest BCUT2D eigenvalue weighted by Crippen LogP contribution is -2.34. The van der Waals surface area contributed by atoms with Crippen molar-refractivity contribution in [2.45, 2.75) is 32.0 Å². The first-order chi connectivity index (χ1) is 9.79. The first-order valence-electron chi connectivity index (χ1n) is 7.39. The van der Waals surface area contributed by atoms with E-state index in [4.69, 9.17) is 9.15 Å². The van der Waals surface area contributed by atoms with Gasteiger partial charge in [-0.25, -0.2) is 0 Å². The largest absolute Gasteiger partial charge is 0.467 e. The molecule has 114 valence electrons. The Labute approximate surface area is 119 Å². The van der Waals surface area contributed by atoms with Crippen LogP contribution in [0.15, 0.2) is 22.8 Å². The van der Waals surface area contributed by atoms with Crippen LogP contribution in [0.5, 0.6) is 0 Å². The fraction of sp³-hybridized carbons (Fsp3) is 0.733. The highest BCUT2D eigenvalue weighted by Crippen LogP contribution is 2.30. The lowest BCUT2D eigenvalue weighted by atomic mass is 9.97. The van der Waals surface area contributed by atoms with E-state index in [-0.39, 0.29) is 6.61 Å². The quantitative estimate of drug-likeness (QED) is 0.634. The second kappa shape index (κ2) is 8.42. The highest BCUT2D eigenvalue weighted by Gasteiger charge is 2.26. The number of ether oxygens (including phenoxy) is 1. The van der Waals surface area contributed by atoms with Gasteiger partial charge >= 0.3 is 0 Å². The van der Waals surface area contributed by atoms with E-state index in [1.54, 1.807) is 6.26 Å². The van der Waals surface area contributed by atoms with Crippen LogP contribution in [0.1, 0.15) is 25.0 Å². The number of rotatable bonds is 9. The van der Waals surface area contributed by atoms with Gasteiger partial charge in [0.25, 0.3) is 0 Å². The van der Waals surface area contributed by atoms with Gasteiger partial charge in [-0.2, -0.15) is 0 Å². The van der Waals surface area contributed by atoms with E-state index >= 15 is 0 Å². The fourth-order valence-electron chi connectivity index (χ4n) is 2.81. The highest BCUT2D eigenvalue weighted by atomic mass is 16.5. The first kappa shape index (κ1) is 15.5. The van der Waals surface area contributed by atoms with E-state index in [2.05, 4.69) is 5.32 Å². The topological polar surface area (TPSA) is 74.9 Å². The number of aliphatic hydroxyl groups is 2. The molecule has 0 radical (unpaired) electrons. The molecule has 3 unspecified atom stereocenters. The van der Waals surface area contributed by atoms with Crippen molar-refractivity contribution in [2.75, 3.05) is 26.3 Å². The van der Waals surface area contributed by atoms with Crippen LogP contribution in [0.3, 0.4) is 0 Å². The molecule has 1 aromatic rings. The lowest BCUT2D eigenvalue weighted by Gasteiger charge is -2.19. The van der Waals surface area contributed by atoms with Gasteiger partial charge in [0, 0.05) is 13.2 Å². The summed E-state index contributed by atoms with van der Waals surface area (Å²) in [4.78, 5) is 0. The Hall–Kier alpha value is -0.880. The maximum absolute atomic E-state index is 9.81. The summed E-state index contributed by atoms with van der Waals surface area (Å²) in [5.74, 6) is 1.73. The first-order valence-corrected chi connectivity index (χ1v) is 7.39. The standard InChI is InChI=1S/C15H25NO4/c17-9-13-4-1-3-12(13)7-16-8-14(18)10-19-11-15-5-2-6-20-15/h2,5-6,12-14,16-18H,1,3-4,7-11H2. The van der Waals surface area contributed by atoms with Gasteiger partial charge in [-0.1, -0.05) is 6.42 Å². The molecule has 0 bridgehead atoms. The van der Waals surface area contributed by atoms with E-state index in [1.807, 2.05) is 12.1 Å². The van der Waals surface area contributed by atoms with Gasteiger partial charge in [0.05, 0.1) is 19.0 Å². The second-order valence-corrected chi connectivity index (χ2v) is 5.54. The summed E-state index contributed by atoms with van der Waals surface area (Å²) in [6, 6.07) is 3.66. The minimum Gasteiger partial charge on any atom is -0.467 e. The van der Waals surface area contributed by atoms with Gasteiger partial charge in [-0.3, -0.25) is 0 Å². The molecule has 3 atom stereocenters. The van der Waals surface area contributed by atoms with E-state index in [1.165, 1.54) is 12.8 Å². The molecule has 5 heteroatoms. The zero-order valence-corrected chi connectivity index (χ0v) is 11.8. The Morgan fingerprint density at radius 3 is 3.00 bits per heavy atom. The van der Waals surface area contributed by atoms with Crippen LogP contribution in [-0.4, -0.2) is 42.6 Å². The van der Waals surface area contributed by atoms with Crippen molar-refractivity contribution >= 4 is 0 Å². The summed E-state index contributed by atoms with van der Waals surface area (Å²) in [5.41, 5.74) is 0. The molecule has 1 heterocycles. The van der Waals surface area contributed by atoms with Gasteiger partial charge in [0.15, 0.2) is 0 Å². The van der Waals surface area contributed by atoms with Gasteiger partial charge in [0.1, 0.15) is 12.4 Å². The molecule has 2 rings (SSSR count). The van der Waals surface area contributed by atoms with Crippen LogP contribution in [-0.2, 0) is 11.3 Å². The molecule has 1 aliphatic carbocycles. The molecule has 0 aromatic carbocycles. The number of aliphatic hydroxyl groups excluding tert-OH is 2. The number of hydrogen-bond donors (Lipinski definition) is 3. The molecule has 5 nitrogen and oxygen atoms in total. The van der Waals surface area contributed by atoms with Crippen molar-refractivity contribution in [2.24, 2.45) is 11.8 Å². The average Bonchev–Trinajstić information content (AvgIpc) is 3.09. The van der Waals surface area contributed by atoms with Crippen molar-refractivity contribution in [1.29, 1.82) is 0 Å². The maximum Gasteiger partial charge on any atom is 0.129 e. The van der Waals surface area contributed by atoms with Crippen molar-refractivity contribution in [3.05, 3.63) is 24.2 Å². The lowest BCUT2D eigenvalue weighted by molar-refractivity contribution is 0.0220. The Bertz CT molecular complexity index is 355. The van der Waals surface area contributed by atoms with Crippen LogP contribution in [0.25, 0.3) is 0 Å². The summed E-state index contributed by atoms with van der Waals surface area (Å²) in [6.07, 6.45) is 4.59. The van der Waals surface area contributed by atoms with Gasteiger partial charge < -0.3 is 24.7 Å². The molecule has 3 N–H and O–H groups in total. The second-order valence-electron chi connectivity index (χ2n) is 5.54. The molecule has 0 spiro atoms. The molecular formula is C15H25NO4. The summed E-state index contributed by atoms with van der Waals surface area (Å²) >= 11 is 0. The van der Waals surface area contributed by atoms with Crippen LogP contribution in [0, 0.1) is 11.8 Å². The Morgan fingerprint density at radius 2 is 2.25 bits per heavy atom. The number of nitrogens with one attached hydrogen (secondary N) is 1. The third kappa shape index (κ3) is 4.90. The highest BCUT2D eigenvalue weighted by molar-refractivity contribution is 4.96. The molecule has 1 saturated carbocycles. The zero-order chi connectivity index (χ0) is 14.2. The summed E-state index contributed by atoms with van der Waals surface area (Å²) in [6.45, 7) is 2.34. The van der Waals surface area contributed by atoms with Crippen molar-refractivity contribution in [3.8, 4) is 0 Å². The fourth-order valence-corrected chi connectivity index (χ4v) is 2.81. The smallest absolute Gasteiger partial charge is 0.129 e. The number of furan rings is 1. The maximum atomic E-state index is 9.81. The van der Waals surface area contributed by atoms with Gasteiger partial charge in [-0.05, 0) is 43.4 Å². The summed E-state index contributed by atoms with van der Waals surface area (Å²) < 4.78 is 10.5. The Morgan fingerprint density at radius 1 is 1.40 bits per heavy atom. The molecule has 1 aliphatic rings. The van der Waals surface area contributed by atoms with E-state index in [0.717, 1.165) is 18.7 Å². The molecule has 0 aliphatic heterocycles. The van der Waals surface area contributed by atoms with Crippen LogP contribution < -0.4 is 5.32 Å². The van der Waals surface area contributed by atoms with Gasteiger partial charge in [-0.15, -0.1) is 0 Å². The van der Waals surface area contributed by atoms with Crippen LogP contribution in [0.4, 0.5) is 0 Å². The van der Waals surface area contributed by atoms with Crippen molar-refractivity contribution in [3.63, 3.8) is 0 Å². The zero-order valence-electron chi connectivity index (χ0n) is 11.8. The minimum absolute atomic E-state index is 0.279. The molecule has 0 saturated heterocycles. The molecule has 1 aromatic heterocycles. The molecular weight excluding hydrogens is 258 g/mol. The SMILES string of the molecule is OCC1CCCC1CNCC(O)COCc1ccco1. The average molecular weight is 283 g/mol. The summed E-state index contributed by atoms with van der Waals surface area (Å²) in [5, 5.41) is 22.3. The molecule has 20 heavy (non-hydrogen) atoms. The van der Waals surface area contributed by atoms with Crippen LogP contribution >= 0.6 is 0 Å². The number of hydrogen-bond acceptors (Lipinski definition) is 5. The van der Waals surface area contributed by atoms with Crippen molar-refractivity contribution in [1.82, 2.24) is 5.32 Å². The van der Waals surface area contributed by atoms with Crippen molar-refractivity contribution < 1.29 is 19.4 Å². The predicted octanol–water partition coefficient (Wildman–Crippen LogP) is 1.16. The monoisotopic (exact) mass is 283 g/mol. The predicted molar refractivity (Wildman–Crippen MR) is 75.2 cm³/mol. The summed E-state index contributed by atoms with van der Waals surface area (Å²) in [7, 11) is 0.